The predicted molar refractivity (Wildman–Crippen MR) is 55.8 cm³/mol. The van der Waals surface area contributed by atoms with Crippen LogP contribution in [0.4, 0.5) is 13.2 Å². The number of carboxylic acids is 1. The van der Waals surface area contributed by atoms with Gasteiger partial charge in [-0.1, -0.05) is 0 Å². The second-order valence-electron chi connectivity index (χ2n) is 3.50. The van der Waals surface area contributed by atoms with Crippen molar-refractivity contribution in [2.24, 2.45) is 0 Å². The summed E-state index contributed by atoms with van der Waals surface area (Å²) in [6, 6.07) is 0. The number of aliphatic carboxylic acids is 1. The lowest BCUT2D eigenvalue weighted by Crippen LogP contribution is -2.37. The number of halogens is 3. The summed E-state index contributed by atoms with van der Waals surface area (Å²) in [5.74, 6) is -1.28. The zero-order valence-electron chi connectivity index (χ0n) is 8.99. The van der Waals surface area contributed by atoms with Crippen molar-refractivity contribution >= 4 is 17.3 Å². The van der Waals surface area contributed by atoms with Gasteiger partial charge in [-0.15, -0.1) is 11.3 Å². The lowest BCUT2D eigenvalue weighted by atomic mass is 10.4. The Morgan fingerprint density at radius 2 is 2.24 bits per heavy atom. The molecule has 0 aliphatic heterocycles. The van der Waals surface area contributed by atoms with E-state index in [4.69, 9.17) is 5.11 Å². The number of rotatable bonds is 5. The second kappa shape index (κ2) is 5.46. The van der Waals surface area contributed by atoms with E-state index in [0.717, 1.165) is 9.91 Å². The molecule has 0 saturated carbocycles. The van der Waals surface area contributed by atoms with Gasteiger partial charge < -0.3 is 5.11 Å². The molecule has 1 N–H and O–H groups in total. The van der Waals surface area contributed by atoms with E-state index >= 15 is 0 Å². The Kier molecular flexibility index (Phi) is 4.47. The fourth-order valence-corrected chi connectivity index (χ4v) is 2.15. The summed E-state index contributed by atoms with van der Waals surface area (Å²) < 4.78 is 36.7. The van der Waals surface area contributed by atoms with Gasteiger partial charge in [-0.25, -0.2) is 4.98 Å². The van der Waals surface area contributed by atoms with Crippen LogP contribution in [0.5, 0.6) is 0 Å². The van der Waals surface area contributed by atoms with Crippen molar-refractivity contribution in [1.82, 2.24) is 9.88 Å². The minimum atomic E-state index is -4.41. The highest BCUT2D eigenvalue weighted by Gasteiger charge is 2.31. The van der Waals surface area contributed by atoms with Crippen LogP contribution >= 0.6 is 11.3 Å². The van der Waals surface area contributed by atoms with Gasteiger partial charge in [-0.2, -0.15) is 13.2 Å². The van der Waals surface area contributed by atoms with Crippen molar-refractivity contribution in [2.45, 2.75) is 19.6 Å². The smallest absolute Gasteiger partial charge is 0.401 e. The monoisotopic (exact) mass is 268 g/mol. The number of alkyl halides is 3. The Balaban J connectivity index is 2.66. The van der Waals surface area contributed by atoms with Crippen molar-refractivity contribution in [3.8, 4) is 0 Å². The number of aryl methyl sites for hydroxylation is 1. The zero-order valence-corrected chi connectivity index (χ0v) is 9.81. The van der Waals surface area contributed by atoms with Crippen molar-refractivity contribution in [3.63, 3.8) is 0 Å². The molecule has 1 rings (SSSR count). The molecule has 0 atom stereocenters. The van der Waals surface area contributed by atoms with Crippen molar-refractivity contribution < 1.29 is 23.1 Å². The van der Waals surface area contributed by atoms with Crippen LogP contribution in [0.3, 0.4) is 0 Å². The first kappa shape index (κ1) is 13.9. The summed E-state index contributed by atoms with van der Waals surface area (Å²) in [5.41, 5.74) is 0. The second-order valence-corrected chi connectivity index (χ2v) is 4.82. The van der Waals surface area contributed by atoms with E-state index < -0.39 is 25.2 Å². The van der Waals surface area contributed by atoms with Crippen LogP contribution in [0.15, 0.2) is 6.20 Å². The zero-order chi connectivity index (χ0) is 13.1. The summed E-state index contributed by atoms with van der Waals surface area (Å²) >= 11 is 1.26. The molecule has 96 valence electrons. The summed E-state index contributed by atoms with van der Waals surface area (Å²) in [6.07, 6.45) is -2.94. The van der Waals surface area contributed by atoms with E-state index in [0.29, 0.717) is 4.88 Å². The molecule has 0 unspecified atom stereocenters. The highest BCUT2D eigenvalue weighted by Crippen LogP contribution is 2.20. The van der Waals surface area contributed by atoms with Gasteiger partial charge in [0.1, 0.15) is 0 Å². The minimum Gasteiger partial charge on any atom is -0.480 e. The Labute approximate surface area is 99.7 Å². The fourth-order valence-electron chi connectivity index (χ4n) is 1.31. The summed E-state index contributed by atoms with van der Waals surface area (Å²) in [7, 11) is 0. The summed E-state index contributed by atoms with van der Waals surface area (Å²) in [5, 5.41) is 9.28. The third-order valence-electron chi connectivity index (χ3n) is 1.81. The normalized spacial score (nSPS) is 12.1. The number of hydrogen-bond acceptors (Lipinski definition) is 4. The Bertz CT molecular complexity index is 392. The third-order valence-corrected chi connectivity index (χ3v) is 2.71. The predicted octanol–water partition coefficient (Wildman–Crippen LogP) is 1.90. The molecule has 4 nitrogen and oxygen atoms in total. The van der Waals surface area contributed by atoms with Gasteiger partial charge >= 0.3 is 12.1 Å². The van der Waals surface area contributed by atoms with Crippen molar-refractivity contribution in [3.05, 3.63) is 16.1 Å². The standard InChI is InChI=1S/C9H11F3N2O2S/c1-6-13-2-7(17-6)3-14(4-8(15)16)5-9(10,11)12/h2H,3-5H2,1H3,(H,15,16). The van der Waals surface area contributed by atoms with E-state index in [1.807, 2.05) is 0 Å². The quantitative estimate of drug-likeness (QED) is 0.886. The van der Waals surface area contributed by atoms with E-state index in [1.165, 1.54) is 17.5 Å². The van der Waals surface area contributed by atoms with Gasteiger partial charge in [0.25, 0.3) is 0 Å². The molecule has 1 heterocycles. The van der Waals surface area contributed by atoms with Gasteiger partial charge in [-0.3, -0.25) is 9.69 Å². The maximum atomic E-state index is 12.2. The Morgan fingerprint density at radius 3 is 2.65 bits per heavy atom. The van der Waals surface area contributed by atoms with Gasteiger partial charge in [0.2, 0.25) is 0 Å². The van der Waals surface area contributed by atoms with Gasteiger partial charge in [0, 0.05) is 17.6 Å². The number of thiazole rings is 1. The maximum absolute atomic E-state index is 12.2. The average Bonchev–Trinajstić information content (AvgIpc) is 2.46. The van der Waals surface area contributed by atoms with Gasteiger partial charge in [-0.05, 0) is 6.92 Å². The largest absolute Gasteiger partial charge is 0.480 e. The van der Waals surface area contributed by atoms with Gasteiger partial charge in [0.05, 0.1) is 18.1 Å². The summed E-state index contributed by atoms with van der Waals surface area (Å²) in [6.45, 7) is -0.205. The molecule has 0 radical (unpaired) electrons. The topological polar surface area (TPSA) is 53.4 Å². The third kappa shape index (κ3) is 5.64. The van der Waals surface area contributed by atoms with Crippen LogP contribution in [0.25, 0.3) is 0 Å². The van der Waals surface area contributed by atoms with Crippen LogP contribution in [0.1, 0.15) is 9.88 Å². The van der Waals surface area contributed by atoms with Crippen molar-refractivity contribution in [2.75, 3.05) is 13.1 Å². The van der Waals surface area contributed by atoms with Crippen LogP contribution in [0, 0.1) is 6.92 Å². The Morgan fingerprint density at radius 1 is 1.59 bits per heavy atom. The molecule has 1 aromatic heterocycles. The highest BCUT2D eigenvalue weighted by atomic mass is 32.1. The maximum Gasteiger partial charge on any atom is 0.401 e. The molecule has 0 amide bonds. The van der Waals surface area contributed by atoms with Crippen molar-refractivity contribution in [1.29, 1.82) is 0 Å². The molecule has 0 aromatic carbocycles. The number of hydrogen-bond donors (Lipinski definition) is 1. The minimum absolute atomic E-state index is 0.0582. The number of carboxylic acid groups (broad SMARTS) is 1. The molecular formula is C9H11F3N2O2S. The molecular weight excluding hydrogens is 257 g/mol. The molecule has 8 heteroatoms. The molecule has 0 saturated heterocycles. The molecule has 1 aromatic rings. The lowest BCUT2D eigenvalue weighted by Gasteiger charge is -2.20. The first-order valence-corrected chi connectivity index (χ1v) is 5.50. The molecule has 0 aliphatic rings. The summed E-state index contributed by atoms with van der Waals surface area (Å²) in [4.78, 5) is 15.8. The number of aromatic nitrogens is 1. The van der Waals surface area contributed by atoms with Crippen LogP contribution in [-0.2, 0) is 11.3 Å². The molecule has 0 spiro atoms. The SMILES string of the molecule is Cc1ncc(CN(CC(=O)O)CC(F)(F)F)s1. The lowest BCUT2D eigenvalue weighted by molar-refractivity contribution is -0.154. The first-order valence-electron chi connectivity index (χ1n) is 4.68. The number of nitrogens with zero attached hydrogens (tertiary/aromatic N) is 2. The van der Waals surface area contributed by atoms with Crippen LogP contribution < -0.4 is 0 Å². The molecule has 0 aliphatic carbocycles. The van der Waals surface area contributed by atoms with E-state index in [2.05, 4.69) is 4.98 Å². The first-order chi connectivity index (χ1) is 7.76. The molecule has 0 bridgehead atoms. The van der Waals surface area contributed by atoms with E-state index in [9.17, 15) is 18.0 Å². The fraction of sp³-hybridized carbons (Fsp3) is 0.556. The van der Waals surface area contributed by atoms with E-state index in [1.54, 1.807) is 6.92 Å². The van der Waals surface area contributed by atoms with Crippen LogP contribution in [0.2, 0.25) is 0 Å². The molecule has 17 heavy (non-hydrogen) atoms. The highest BCUT2D eigenvalue weighted by molar-refractivity contribution is 7.11. The van der Waals surface area contributed by atoms with Crippen LogP contribution in [-0.4, -0.2) is 40.2 Å². The number of carbonyl (C=O) groups is 1. The average molecular weight is 268 g/mol. The Hall–Kier alpha value is -1.15. The van der Waals surface area contributed by atoms with Gasteiger partial charge in [0.15, 0.2) is 0 Å². The molecule has 0 fully saturated rings. The van der Waals surface area contributed by atoms with E-state index in [-0.39, 0.29) is 6.54 Å².